The Bertz CT molecular complexity index is 702. The Morgan fingerprint density at radius 2 is 2.10 bits per heavy atom. The zero-order valence-electron chi connectivity index (χ0n) is 11.6. The first-order chi connectivity index (χ1) is 9.67. The highest BCUT2D eigenvalue weighted by molar-refractivity contribution is 5.49. The number of aromatic nitrogens is 3. The summed E-state index contributed by atoms with van der Waals surface area (Å²) in [6, 6.07) is 7.98. The van der Waals surface area contributed by atoms with E-state index >= 15 is 0 Å². The van der Waals surface area contributed by atoms with Gasteiger partial charge in [0.25, 0.3) is 0 Å². The molecule has 1 aliphatic rings. The van der Waals surface area contributed by atoms with Gasteiger partial charge < -0.3 is 4.90 Å². The van der Waals surface area contributed by atoms with Crippen molar-refractivity contribution in [1.82, 2.24) is 15.2 Å². The van der Waals surface area contributed by atoms with E-state index in [2.05, 4.69) is 26.1 Å². The van der Waals surface area contributed by atoms with E-state index in [-0.39, 0.29) is 0 Å². The Balaban J connectivity index is 1.91. The van der Waals surface area contributed by atoms with Gasteiger partial charge in [0.1, 0.15) is 6.07 Å². The molecule has 0 atom stereocenters. The van der Waals surface area contributed by atoms with Crippen LogP contribution in [0.3, 0.4) is 0 Å². The molecule has 0 fully saturated rings. The second-order valence-corrected chi connectivity index (χ2v) is 5.08. The molecule has 0 aromatic carbocycles. The van der Waals surface area contributed by atoms with Crippen LogP contribution in [0.5, 0.6) is 0 Å². The number of hydrogen-bond donors (Lipinski definition) is 0. The number of nitriles is 1. The van der Waals surface area contributed by atoms with E-state index in [4.69, 9.17) is 5.26 Å². The maximum atomic E-state index is 8.85. The lowest BCUT2D eigenvalue weighted by atomic mass is 10.0. The van der Waals surface area contributed by atoms with Gasteiger partial charge in [0.15, 0.2) is 11.5 Å². The van der Waals surface area contributed by atoms with Crippen molar-refractivity contribution >= 4 is 5.82 Å². The largest absolute Gasteiger partial charge is 0.350 e. The zero-order valence-corrected chi connectivity index (χ0v) is 11.6. The van der Waals surface area contributed by atoms with Crippen LogP contribution in [0.2, 0.25) is 0 Å². The number of aryl methyl sites for hydroxylation is 2. The van der Waals surface area contributed by atoms with Crippen molar-refractivity contribution in [3.63, 3.8) is 0 Å². The molecule has 2 aromatic rings. The fourth-order valence-corrected chi connectivity index (χ4v) is 2.55. The van der Waals surface area contributed by atoms with Crippen LogP contribution < -0.4 is 4.90 Å². The standard InChI is InChI=1S/C15H15N5/c1-10-7-13(8-16)18-19-15(10)20-6-5-14-12(9-20)4-3-11(2)17-14/h3-4,7H,5-6,9H2,1-2H3. The number of nitrogens with zero attached hydrogens (tertiary/aromatic N) is 5. The van der Waals surface area contributed by atoms with Crippen LogP contribution in [0.15, 0.2) is 18.2 Å². The summed E-state index contributed by atoms with van der Waals surface area (Å²) in [5.74, 6) is 0.857. The lowest BCUT2D eigenvalue weighted by Gasteiger charge is -2.29. The van der Waals surface area contributed by atoms with E-state index in [0.29, 0.717) is 5.69 Å². The molecule has 0 amide bonds. The van der Waals surface area contributed by atoms with Gasteiger partial charge in [-0.3, -0.25) is 4.98 Å². The molecule has 0 N–H and O–H groups in total. The van der Waals surface area contributed by atoms with E-state index in [0.717, 1.165) is 36.6 Å². The smallest absolute Gasteiger partial charge is 0.163 e. The summed E-state index contributed by atoms with van der Waals surface area (Å²) in [7, 11) is 0. The predicted octanol–water partition coefficient (Wildman–Crippen LogP) is 1.92. The van der Waals surface area contributed by atoms with Crippen molar-refractivity contribution in [3.05, 3.63) is 46.4 Å². The Kier molecular flexibility index (Phi) is 3.07. The summed E-state index contributed by atoms with van der Waals surface area (Å²) in [5, 5.41) is 17.0. The lowest BCUT2D eigenvalue weighted by Crippen LogP contribution is -2.32. The Hall–Kier alpha value is -2.48. The number of fused-ring (bicyclic) bond motifs is 1. The fraction of sp³-hybridized carbons (Fsp3) is 0.333. The van der Waals surface area contributed by atoms with Gasteiger partial charge in [0.2, 0.25) is 0 Å². The molecule has 20 heavy (non-hydrogen) atoms. The Morgan fingerprint density at radius 1 is 1.25 bits per heavy atom. The van der Waals surface area contributed by atoms with Gasteiger partial charge in [-0.25, -0.2) is 0 Å². The third-order valence-electron chi connectivity index (χ3n) is 3.56. The van der Waals surface area contributed by atoms with Crippen molar-refractivity contribution < 1.29 is 0 Å². The highest BCUT2D eigenvalue weighted by Crippen LogP contribution is 2.24. The minimum Gasteiger partial charge on any atom is -0.350 e. The third-order valence-corrected chi connectivity index (χ3v) is 3.56. The quantitative estimate of drug-likeness (QED) is 0.788. The number of rotatable bonds is 1. The Morgan fingerprint density at radius 3 is 2.85 bits per heavy atom. The van der Waals surface area contributed by atoms with Gasteiger partial charge in [-0.1, -0.05) is 6.07 Å². The van der Waals surface area contributed by atoms with Crippen LogP contribution in [0, 0.1) is 25.2 Å². The molecule has 0 bridgehead atoms. The predicted molar refractivity (Wildman–Crippen MR) is 75.2 cm³/mol. The van der Waals surface area contributed by atoms with E-state index < -0.39 is 0 Å². The first kappa shape index (κ1) is 12.5. The average Bonchev–Trinajstić information content (AvgIpc) is 2.46. The molecule has 5 nitrogen and oxygen atoms in total. The van der Waals surface area contributed by atoms with Gasteiger partial charge in [-0.05, 0) is 37.1 Å². The topological polar surface area (TPSA) is 65.7 Å². The average molecular weight is 265 g/mol. The molecule has 3 heterocycles. The molecular weight excluding hydrogens is 250 g/mol. The summed E-state index contributed by atoms with van der Waals surface area (Å²) in [4.78, 5) is 6.78. The third kappa shape index (κ3) is 2.21. The lowest BCUT2D eigenvalue weighted by molar-refractivity contribution is 0.690. The number of pyridine rings is 1. The monoisotopic (exact) mass is 265 g/mol. The van der Waals surface area contributed by atoms with Crippen molar-refractivity contribution in [1.29, 1.82) is 5.26 Å². The second kappa shape index (κ2) is 4.89. The van der Waals surface area contributed by atoms with Crippen LogP contribution in [-0.4, -0.2) is 21.7 Å². The normalized spacial score (nSPS) is 13.8. The molecule has 0 spiro atoms. The maximum absolute atomic E-state index is 8.85. The summed E-state index contributed by atoms with van der Waals surface area (Å²) >= 11 is 0. The molecule has 0 saturated carbocycles. The summed E-state index contributed by atoms with van der Waals surface area (Å²) in [6.45, 7) is 5.66. The van der Waals surface area contributed by atoms with Crippen LogP contribution in [0.25, 0.3) is 0 Å². The molecule has 0 saturated heterocycles. The van der Waals surface area contributed by atoms with Crippen molar-refractivity contribution in [2.45, 2.75) is 26.8 Å². The molecule has 3 rings (SSSR count). The van der Waals surface area contributed by atoms with Gasteiger partial charge in [-0.15, -0.1) is 10.2 Å². The minimum atomic E-state index is 0.362. The zero-order chi connectivity index (χ0) is 14.1. The van der Waals surface area contributed by atoms with Crippen LogP contribution >= 0.6 is 0 Å². The highest BCUT2D eigenvalue weighted by Gasteiger charge is 2.20. The number of hydrogen-bond acceptors (Lipinski definition) is 5. The molecule has 0 aliphatic carbocycles. The maximum Gasteiger partial charge on any atom is 0.163 e. The van der Waals surface area contributed by atoms with Crippen LogP contribution in [-0.2, 0) is 13.0 Å². The van der Waals surface area contributed by atoms with Crippen molar-refractivity contribution in [2.75, 3.05) is 11.4 Å². The second-order valence-electron chi connectivity index (χ2n) is 5.08. The van der Waals surface area contributed by atoms with E-state index in [1.807, 2.05) is 26.0 Å². The van der Waals surface area contributed by atoms with E-state index in [9.17, 15) is 0 Å². The fourth-order valence-electron chi connectivity index (χ4n) is 2.55. The Labute approximate surface area is 117 Å². The number of anilines is 1. The molecule has 5 heteroatoms. The van der Waals surface area contributed by atoms with Crippen molar-refractivity contribution in [2.24, 2.45) is 0 Å². The van der Waals surface area contributed by atoms with Crippen LogP contribution in [0.4, 0.5) is 5.82 Å². The van der Waals surface area contributed by atoms with Gasteiger partial charge in [-0.2, -0.15) is 5.26 Å². The van der Waals surface area contributed by atoms with E-state index in [1.165, 1.54) is 11.3 Å². The first-order valence-electron chi connectivity index (χ1n) is 6.62. The van der Waals surface area contributed by atoms with Gasteiger partial charge in [0, 0.05) is 30.9 Å². The molecule has 1 aliphatic heterocycles. The van der Waals surface area contributed by atoms with E-state index in [1.54, 1.807) is 6.07 Å². The SMILES string of the molecule is Cc1ccc2c(n1)CCN(c1nnc(C#N)cc1C)C2. The van der Waals surface area contributed by atoms with Crippen LogP contribution in [0.1, 0.15) is 28.2 Å². The minimum absolute atomic E-state index is 0.362. The molecule has 0 unspecified atom stereocenters. The highest BCUT2D eigenvalue weighted by atomic mass is 15.3. The van der Waals surface area contributed by atoms with Gasteiger partial charge in [0.05, 0.1) is 0 Å². The first-order valence-corrected chi connectivity index (χ1v) is 6.62. The van der Waals surface area contributed by atoms with Gasteiger partial charge >= 0.3 is 0 Å². The molecular formula is C15H15N5. The summed E-state index contributed by atoms with van der Waals surface area (Å²) in [6.07, 6.45) is 0.915. The summed E-state index contributed by atoms with van der Waals surface area (Å²) in [5.41, 5.74) is 4.83. The summed E-state index contributed by atoms with van der Waals surface area (Å²) < 4.78 is 0. The molecule has 100 valence electrons. The molecule has 0 radical (unpaired) electrons. The molecule has 2 aromatic heterocycles. The van der Waals surface area contributed by atoms with Crippen molar-refractivity contribution in [3.8, 4) is 6.07 Å².